The number of hydrogen-bond acceptors (Lipinski definition) is 4. The molecule has 4 unspecified atom stereocenters. The summed E-state index contributed by atoms with van der Waals surface area (Å²) >= 11 is 0. The van der Waals surface area contributed by atoms with Crippen LogP contribution in [0.25, 0.3) is 0 Å². The molecule has 5 nitrogen and oxygen atoms in total. The first-order valence-electron chi connectivity index (χ1n) is 7.09. The summed E-state index contributed by atoms with van der Waals surface area (Å²) in [6, 6.07) is 0.979. The first-order chi connectivity index (χ1) is 8.72. The van der Waals surface area contributed by atoms with E-state index in [0.717, 1.165) is 5.92 Å². The summed E-state index contributed by atoms with van der Waals surface area (Å²) in [7, 11) is 1.39. The van der Waals surface area contributed by atoms with Gasteiger partial charge in [-0.15, -0.1) is 0 Å². The van der Waals surface area contributed by atoms with Crippen LogP contribution in [0.1, 0.15) is 45.4 Å². The van der Waals surface area contributed by atoms with Gasteiger partial charge >= 0.3 is 6.09 Å². The van der Waals surface area contributed by atoms with Gasteiger partial charge < -0.3 is 4.74 Å². The molecule has 1 saturated carbocycles. The van der Waals surface area contributed by atoms with Crippen molar-refractivity contribution in [2.24, 2.45) is 5.92 Å². The van der Waals surface area contributed by atoms with E-state index in [9.17, 15) is 4.79 Å². The van der Waals surface area contributed by atoms with Gasteiger partial charge in [0.25, 0.3) is 0 Å². The molecule has 2 aliphatic rings. The van der Waals surface area contributed by atoms with Crippen LogP contribution in [0.2, 0.25) is 0 Å². The lowest BCUT2D eigenvalue weighted by atomic mass is 9.81. The number of nitrogens with one attached hydrogen (secondary N) is 3. The molecule has 0 aromatic rings. The van der Waals surface area contributed by atoms with Gasteiger partial charge in [0, 0.05) is 12.1 Å². The third kappa shape index (κ3) is 3.36. The van der Waals surface area contributed by atoms with Crippen LogP contribution in [0, 0.1) is 5.92 Å². The number of methoxy groups -OCH3 is 1. The van der Waals surface area contributed by atoms with E-state index in [2.05, 4.69) is 27.6 Å². The van der Waals surface area contributed by atoms with Crippen LogP contribution in [-0.4, -0.2) is 31.6 Å². The summed E-state index contributed by atoms with van der Waals surface area (Å²) in [5, 5.41) is 9.61. The molecule has 2 rings (SSSR count). The second-order valence-electron chi connectivity index (χ2n) is 5.44. The van der Waals surface area contributed by atoms with Crippen molar-refractivity contribution in [3.05, 3.63) is 0 Å². The van der Waals surface area contributed by atoms with Crippen molar-refractivity contribution < 1.29 is 9.53 Å². The fourth-order valence-corrected chi connectivity index (χ4v) is 3.13. The van der Waals surface area contributed by atoms with Crippen molar-refractivity contribution in [2.45, 2.75) is 63.8 Å². The number of hydrogen-bond donors (Lipinski definition) is 3. The Bertz CT molecular complexity index is 285. The lowest BCUT2D eigenvalue weighted by Crippen LogP contribution is -2.49. The number of alkyl carbamates (subject to hydrolysis) is 1. The van der Waals surface area contributed by atoms with Crippen LogP contribution in [0.5, 0.6) is 0 Å². The lowest BCUT2D eigenvalue weighted by Gasteiger charge is -2.31. The Labute approximate surface area is 109 Å². The van der Waals surface area contributed by atoms with Gasteiger partial charge in [0.05, 0.1) is 7.11 Å². The van der Waals surface area contributed by atoms with Crippen LogP contribution in [-0.2, 0) is 4.74 Å². The van der Waals surface area contributed by atoms with E-state index in [4.69, 9.17) is 0 Å². The smallest absolute Gasteiger partial charge is 0.409 e. The molecular weight excluding hydrogens is 230 g/mol. The van der Waals surface area contributed by atoms with E-state index in [-0.39, 0.29) is 12.4 Å². The fourth-order valence-electron chi connectivity index (χ4n) is 3.13. The number of carbonyl (C=O) groups is 1. The second-order valence-corrected chi connectivity index (χ2v) is 5.44. The summed E-state index contributed by atoms with van der Waals surface area (Å²) in [4.78, 5) is 11.2. The van der Waals surface area contributed by atoms with E-state index < -0.39 is 0 Å². The zero-order chi connectivity index (χ0) is 13.0. The number of unbranched alkanes of at least 4 members (excludes halogenated alkanes) is 1. The molecule has 3 N–H and O–H groups in total. The molecule has 5 heteroatoms. The number of amides is 1. The van der Waals surface area contributed by atoms with Crippen LogP contribution in [0.15, 0.2) is 0 Å². The highest BCUT2D eigenvalue weighted by Gasteiger charge is 2.38. The van der Waals surface area contributed by atoms with E-state index in [1.165, 1.54) is 45.6 Å². The Kier molecular flexibility index (Phi) is 4.83. The Balaban J connectivity index is 1.78. The zero-order valence-electron chi connectivity index (χ0n) is 11.4. The minimum absolute atomic E-state index is 0.141. The van der Waals surface area contributed by atoms with Crippen molar-refractivity contribution in [3.8, 4) is 0 Å². The number of fused-ring (bicyclic) bond motifs is 1. The zero-order valence-corrected chi connectivity index (χ0v) is 11.4. The first-order valence-corrected chi connectivity index (χ1v) is 7.09. The van der Waals surface area contributed by atoms with E-state index >= 15 is 0 Å². The molecular formula is C13H25N3O2. The van der Waals surface area contributed by atoms with Crippen molar-refractivity contribution in [3.63, 3.8) is 0 Å². The third-order valence-corrected chi connectivity index (χ3v) is 4.13. The van der Waals surface area contributed by atoms with Gasteiger partial charge in [0.2, 0.25) is 0 Å². The molecule has 0 spiro atoms. The predicted molar refractivity (Wildman–Crippen MR) is 70.0 cm³/mol. The quantitative estimate of drug-likeness (QED) is 0.713. The normalized spacial score (nSPS) is 35.0. The van der Waals surface area contributed by atoms with Gasteiger partial charge in [0.15, 0.2) is 0 Å². The van der Waals surface area contributed by atoms with Crippen LogP contribution < -0.4 is 16.0 Å². The first kappa shape index (κ1) is 13.6. The highest BCUT2D eigenvalue weighted by Crippen LogP contribution is 2.30. The molecule has 1 aliphatic heterocycles. The summed E-state index contributed by atoms with van der Waals surface area (Å²) in [6.45, 7) is 2.25. The van der Waals surface area contributed by atoms with E-state index in [0.29, 0.717) is 12.1 Å². The van der Waals surface area contributed by atoms with Gasteiger partial charge in [-0.2, -0.15) is 0 Å². The third-order valence-electron chi connectivity index (χ3n) is 4.13. The van der Waals surface area contributed by atoms with Crippen LogP contribution >= 0.6 is 0 Å². The molecule has 18 heavy (non-hydrogen) atoms. The summed E-state index contributed by atoms with van der Waals surface area (Å²) in [5.41, 5.74) is 0. The molecule has 0 aromatic heterocycles. The van der Waals surface area contributed by atoms with E-state index in [1.807, 2.05) is 0 Å². The molecule has 0 radical (unpaired) electrons. The maximum atomic E-state index is 11.2. The summed E-state index contributed by atoms with van der Waals surface area (Å²) in [5.74, 6) is 0.845. The minimum atomic E-state index is -0.388. The Hall–Kier alpha value is -0.810. The molecule has 0 bridgehead atoms. The minimum Gasteiger partial charge on any atom is -0.453 e. The molecule has 0 aromatic carbocycles. The highest BCUT2D eigenvalue weighted by molar-refractivity contribution is 5.67. The lowest BCUT2D eigenvalue weighted by molar-refractivity contribution is 0.163. The largest absolute Gasteiger partial charge is 0.453 e. The Morgan fingerprint density at radius 2 is 2.11 bits per heavy atom. The SMILES string of the molecule is CCCCC1CCC2NC(NC(=O)OC)NC2C1. The molecule has 104 valence electrons. The molecule has 1 aliphatic carbocycles. The van der Waals surface area contributed by atoms with Crippen molar-refractivity contribution in [1.29, 1.82) is 0 Å². The van der Waals surface area contributed by atoms with Crippen molar-refractivity contribution in [1.82, 2.24) is 16.0 Å². The number of rotatable bonds is 4. The maximum Gasteiger partial charge on any atom is 0.409 e. The Morgan fingerprint density at radius 3 is 2.83 bits per heavy atom. The monoisotopic (exact) mass is 255 g/mol. The summed E-state index contributed by atoms with van der Waals surface area (Å²) < 4.78 is 4.61. The van der Waals surface area contributed by atoms with Gasteiger partial charge in [0.1, 0.15) is 6.29 Å². The molecule has 4 atom stereocenters. The predicted octanol–water partition coefficient (Wildman–Crippen LogP) is 1.55. The van der Waals surface area contributed by atoms with Gasteiger partial charge in [-0.3, -0.25) is 16.0 Å². The molecule has 1 heterocycles. The molecule has 1 saturated heterocycles. The van der Waals surface area contributed by atoms with Gasteiger partial charge in [-0.1, -0.05) is 26.2 Å². The number of ether oxygens (including phenoxy) is 1. The fraction of sp³-hybridized carbons (Fsp3) is 0.923. The summed E-state index contributed by atoms with van der Waals surface area (Å²) in [6.07, 6.45) is 7.15. The average Bonchev–Trinajstić information content (AvgIpc) is 2.77. The second kappa shape index (κ2) is 6.38. The topological polar surface area (TPSA) is 62.4 Å². The highest BCUT2D eigenvalue weighted by atomic mass is 16.5. The standard InChI is InChI=1S/C13H25N3O2/c1-3-4-5-9-6-7-10-11(8-9)15-12(14-10)16-13(17)18-2/h9-12,14-15H,3-8H2,1-2H3,(H,16,17). The molecule has 2 fully saturated rings. The van der Waals surface area contributed by atoms with E-state index in [1.54, 1.807) is 0 Å². The maximum absolute atomic E-state index is 11.2. The van der Waals surface area contributed by atoms with Gasteiger partial charge in [-0.05, 0) is 25.2 Å². The van der Waals surface area contributed by atoms with Crippen LogP contribution in [0.4, 0.5) is 4.79 Å². The van der Waals surface area contributed by atoms with Crippen molar-refractivity contribution in [2.75, 3.05) is 7.11 Å². The number of carbonyl (C=O) groups excluding carboxylic acids is 1. The average molecular weight is 255 g/mol. The Morgan fingerprint density at radius 1 is 1.33 bits per heavy atom. The van der Waals surface area contributed by atoms with Crippen molar-refractivity contribution >= 4 is 6.09 Å². The van der Waals surface area contributed by atoms with Gasteiger partial charge in [-0.25, -0.2) is 4.79 Å². The van der Waals surface area contributed by atoms with Crippen LogP contribution in [0.3, 0.4) is 0 Å². The molecule has 1 amide bonds.